The fraction of sp³-hybridized carbons (Fsp3) is 0.393. The van der Waals surface area contributed by atoms with Crippen LogP contribution >= 0.6 is 0 Å². The quantitative estimate of drug-likeness (QED) is 0.475. The van der Waals surface area contributed by atoms with Crippen LogP contribution in [0.4, 0.5) is 17.3 Å². The van der Waals surface area contributed by atoms with Crippen LogP contribution in [0.15, 0.2) is 48.9 Å². The molecule has 182 valence electrons. The van der Waals surface area contributed by atoms with Crippen molar-refractivity contribution >= 4 is 29.1 Å². The molecule has 0 radical (unpaired) electrons. The van der Waals surface area contributed by atoms with Crippen molar-refractivity contribution in [1.82, 2.24) is 20.3 Å². The lowest BCUT2D eigenvalue weighted by molar-refractivity contribution is -0.120. The van der Waals surface area contributed by atoms with Crippen molar-refractivity contribution < 1.29 is 9.59 Å². The van der Waals surface area contributed by atoms with E-state index in [4.69, 9.17) is 0 Å². The average Bonchev–Trinajstić information content (AvgIpc) is 3.83. The van der Waals surface area contributed by atoms with E-state index in [9.17, 15) is 9.59 Å². The Bertz CT molecular complexity index is 1370. The molecule has 0 bridgehead atoms. The van der Waals surface area contributed by atoms with Gasteiger partial charge in [0.05, 0.1) is 5.41 Å². The Hall–Kier alpha value is -3.81. The second kappa shape index (κ2) is 8.11. The van der Waals surface area contributed by atoms with Crippen LogP contribution in [0.3, 0.4) is 0 Å². The highest BCUT2D eigenvalue weighted by Gasteiger charge is 2.51. The Morgan fingerprint density at radius 3 is 2.64 bits per heavy atom. The summed E-state index contributed by atoms with van der Waals surface area (Å²) >= 11 is 0. The minimum absolute atomic E-state index is 0.0129. The summed E-state index contributed by atoms with van der Waals surface area (Å²) in [5.41, 5.74) is 3.90. The molecule has 3 aliphatic carbocycles. The zero-order chi connectivity index (χ0) is 24.3. The summed E-state index contributed by atoms with van der Waals surface area (Å²) in [6, 6.07) is 11.7. The molecule has 2 aromatic heterocycles. The van der Waals surface area contributed by atoms with Crippen molar-refractivity contribution in [2.45, 2.75) is 43.9 Å². The van der Waals surface area contributed by atoms with Crippen LogP contribution in [-0.2, 0) is 23.1 Å². The Balaban J connectivity index is 1.05. The third-order valence-electron chi connectivity index (χ3n) is 8.31. The summed E-state index contributed by atoms with van der Waals surface area (Å²) in [7, 11) is 0. The number of fused-ring (bicyclic) bond motifs is 3. The number of anilines is 3. The van der Waals surface area contributed by atoms with Gasteiger partial charge in [-0.05, 0) is 85.6 Å². The Labute approximate surface area is 209 Å². The maximum atomic E-state index is 13.0. The second-order valence-corrected chi connectivity index (χ2v) is 10.7. The van der Waals surface area contributed by atoms with Crippen LogP contribution in [0.5, 0.6) is 0 Å². The molecule has 36 heavy (non-hydrogen) atoms. The van der Waals surface area contributed by atoms with Gasteiger partial charge in [0.25, 0.3) is 5.91 Å². The molecule has 8 nitrogen and oxygen atoms in total. The average molecular weight is 481 g/mol. The third kappa shape index (κ3) is 3.72. The van der Waals surface area contributed by atoms with E-state index in [0.29, 0.717) is 36.1 Å². The molecule has 2 saturated carbocycles. The number of hydrogen-bond acceptors (Lipinski definition) is 6. The van der Waals surface area contributed by atoms with Crippen molar-refractivity contribution in [1.29, 1.82) is 0 Å². The van der Waals surface area contributed by atoms with Gasteiger partial charge in [-0.25, -0.2) is 15.0 Å². The van der Waals surface area contributed by atoms with E-state index in [1.54, 1.807) is 12.3 Å². The first-order valence-corrected chi connectivity index (χ1v) is 12.9. The van der Waals surface area contributed by atoms with E-state index in [1.807, 2.05) is 18.2 Å². The van der Waals surface area contributed by atoms with Crippen LogP contribution < -0.4 is 16.0 Å². The number of amides is 2. The third-order valence-corrected chi connectivity index (χ3v) is 8.31. The maximum Gasteiger partial charge on any atom is 0.270 e. The van der Waals surface area contributed by atoms with E-state index in [-0.39, 0.29) is 11.8 Å². The van der Waals surface area contributed by atoms with Gasteiger partial charge in [-0.3, -0.25) is 9.59 Å². The van der Waals surface area contributed by atoms with E-state index in [0.717, 1.165) is 40.8 Å². The molecule has 1 atom stereocenters. The van der Waals surface area contributed by atoms with Gasteiger partial charge in [0.15, 0.2) is 0 Å². The van der Waals surface area contributed by atoms with Crippen LogP contribution in [0.25, 0.3) is 0 Å². The number of nitrogens with one attached hydrogen (secondary N) is 3. The zero-order valence-electron chi connectivity index (χ0n) is 20.0. The van der Waals surface area contributed by atoms with E-state index >= 15 is 0 Å². The molecule has 2 amide bonds. The SMILES string of the molecule is O=C(NCC(C1CC1)C1CC1)c1cc(Nc2ccc3c(c2)CC2(C3)C(=O)Nc3ncccc32)ncn1. The summed E-state index contributed by atoms with van der Waals surface area (Å²) in [4.78, 5) is 38.6. The molecule has 7 rings (SSSR count). The summed E-state index contributed by atoms with van der Waals surface area (Å²) < 4.78 is 0. The van der Waals surface area contributed by atoms with Crippen molar-refractivity contribution in [3.8, 4) is 0 Å². The number of benzene rings is 1. The number of hydrogen-bond donors (Lipinski definition) is 3. The Morgan fingerprint density at radius 2 is 1.83 bits per heavy atom. The monoisotopic (exact) mass is 480 g/mol. The molecule has 1 unspecified atom stereocenters. The van der Waals surface area contributed by atoms with Crippen LogP contribution in [0.2, 0.25) is 0 Å². The lowest BCUT2D eigenvalue weighted by Gasteiger charge is -2.20. The molecule has 3 aromatic rings. The van der Waals surface area contributed by atoms with Crippen molar-refractivity contribution in [3.05, 3.63) is 71.3 Å². The van der Waals surface area contributed by atoms with E-state index in [1.165, 1.54) is 32.0 Å². The number of carbonyl (C=O) groups excluding carboxylic acids is 2. The fourth-order valence-electron chi connectivity index (χ4n) is 6.11. The fourth-order valence-corrected chi connectivity index (χ4v) is 6.11. The van der Waals surface area contributed by atoms with Crippen LogP contribution in [-0.4, -0.2) is 33.3 Å². The molecule has 2 fully saturated rings. The van der Waals surface area contributed by atoms with E-state index in [2.05, 4.69) is 43.0 Å². The minimum atomic E-state index is -0.594. The van der Waals surface area contributed by atoms with Crippen molar-refractivity contribution in [2.75, 3.05) is 17.2 Å². The van der Waals surface area contributed by atoms with Gasteiger partial charge in [0.1, 0.15) is 23.7 Å². The molecule has 0 saturated heterocycles. The normalized spacial score (nSPS) is 21.9. The first-order chi connectivity index (χ1) is 17.6. The van der Waals surface area contributed by atoms with Gasteiger partial charge in [-0.1, -0.05) is 12.1 Å². The summed E-state index contributed by atoms with van der Waals surface area (Å²) in [6.45, 7) is 0.736. The van der Waals surface area contributed by atoms with Crippen LogP contribution in [0.1, 0.15) is 52.9 Å². The maximum absolute atomic E-state index is 13.0. The first-order valence-electron chi connectivity index (χ1n) is 12.9. The van der Waals surface area contributed by atoms with Crippen LogP contribution in [0, 0.1) is 17.8 Å². The smallest absolute Gasteiger partial charge is 0.270 e. The minimum Gasteiger partial charge on any atom is -0.350 e. The highest BCUT2D eigenvalue weighted by atomic mass is 16.2. The van der Waals surface area contributed by atoms with Crippen molar-refractivity contribution in [3.63, 3.8) is 0 Å². The predicted molar refractivity (Wildman–Crippen MR) is 135 cm³/mol. The number of carbonyl (C=O) groups is 2. The van der Waals surface area contributed by atoms with Gasteiger partial charge >= 0.3 is 0 Å². The summed E-state index contributed by atoms with van der Waals surface area (Å²) in [5.74, 6) is 3.30. The largest absolute Gasteiger partial charge is 0.350 e. The molecular formula is C28H28N6O2. The standard InChI is InChI=1S/C28H28N6O2/c35-26(30-14-21(16-3-4-16)17-5-6-17)23-11-24(32-15-31-23)33-20-8-7-18-12-28(13-19(18)10-20)22-2-1-9-29-25(22)34-27(28)36/h1-2,7-11,15-17,21H,3-6,12-14H2,(H,30,35)(H,29,34,36)(H,31,32,33). The lowest BCUT2D eigenvalue weighted by atomic mass is 9.79. The number of pyridine rings is 1. The number of aromatic nitrogens is 3. The molecular weight excluding hydrogens is 452 g/mol. The Morgan fingerprint density at radius 1 is 1.03 bits per heavy atom. The molecule has 8 heteroatoms. The highest BCUT2D eigenvalue weighted by molar-refractivity contribution is 6.06. The van der Waals surface area contributed by atoms with Gasteiger partial charge in [0, 0.05) is 30.1 Å². The predicted octanol–water partition coefficient (Wildman–Crippen LogP) is 3.77. The topological polar surface area (TPSA) is 109 Å². The molecule has 3 heterocycles. The second-order valence-electron chi connectivity index (χ2n) is 10.7. The van der Waals surface area contributed by atoms with Gasteiger partial charge in [-0.2, -0.15) is 0 Å². The zero-order valence-corrected chi connectivity index (χ0v) is 20.0. The molecule has 1 aliphatic heterocycles. The summed E-state index contributed by atoms with van der Waals surface area (Å²) in [5, 5.41) is 9.37. The van der Waals surface area contributed by atoms with Gasteiger partial charge < -0.3 is 16.0 Å². The number of rotatable bonds is 7. The van der Waals surface area contributed by atoms with Crippen molar-refractivity contribution in [2.24, 2.45) is 17.8 Å². The molecule has 1 aromatic carbocycles. The molecule has 1 spiro atoms. The van der Waals surface area contributed by atoms with Gasteiger partial charge in [-0.15, -0.1) is 0 Å². The highest BCUT2D eigenvalue weighted by Crippen LogP contribution is 2.49. The molecule has 3 N–H and O–H groups in total. The number of nitrogens with zero attached hydrogens (tertiary/aromatic N) is 3. The lowest BCUT2D eigenvalue weighted by Crippen LogP contribution is -2.35. The van der Waals surface area contributed by atoms with E-state index < -0.39 is 5.41 Å². The molecule has 4 aliphatic rings. The van der Waals surface area contributed by atoms with Gasteiger partial charge in [0.2, 0.25) is 5.91 Å². The Kier molecular flexibility index (Phi) is 4.84. The summed E-state index contributed by atoms with van der Waals surface area (Å²) in [6.07, 6.45) is 9.62. The first kappa shape index (κ1) is 21.5.